The number of rotatable bonds is 5. The Hall–Kier alpha value is -1.88. The van der Waals surface area contributed by atoms with Gasteiger partial charge in [0.15, 0.2) is 0 Å². The largest absolute Gasteiger partial charge is 0.385 e. The summed E-state index contributed by atoms with van der Waals surface area (Å²) in [5, 5.41) is 2.87. The zero-order valence-electron chi connectivity index (χ0n) is 11.9. The smallest absolute Gasteiger partial charge is 0.243 e. The van der Waals surface area contributed by atoms with E-state index in [2.05, 4.69) is 5.32 Å². The molecule has 1 N–H and O–H groups in total. The maximum atomic E-state index is 12.2. The molecule has 0 aromatic heterocycles. The number of ether oxygens (including phenoxy) is 1. The van der Waals surface area contributed by atoms with Crippen molar-refractivity contribution in [2.24, 2.45) is 0 Å². The lowest BCUT2D eigenvalue weighted by Gasteiger charge is -2.23. The molecule has 2 amide bonds. The first-order chi connectivity index (χ1) is 9.65. The van der Waals surface area contributed by atoms with Crippen LogP contribution in [0.4, 0.5) is 5.69 Å². The van der Waals surface area contributed by atoms with Gasteiger partial charge in [-0.05, 0) is 18.1 Å². The van der Waals surface area contributed by atoms with E-state index in [4.69, 9.17) is 4.74 Å². The number of benzene rings is 1. The molecule has 1 heterocycles. The van der Waals surface area contributed by atoms with Gasteiger partial charge in [-0.25, -0.2) is 0 Å². The molecule has 0 bridgehead atoms. The summed E-state index contributed by atoms with van der Waals surface area (Å²) in [5.41, 5.74) is 1.89. The predicted molar refractivity (Wildman–Crippen MR) is 76.6 cm³/mol. The number of hydrogen-bond acceptors (Lipinski definition) is 3. The molecule has 5 nitrogen and oxygen atoms in total. The van der Waals surface area contributed by atoms with Crippen LogP contribution in [0.1, 0.15) is 18.9 Å². The van der Waals surface area contributed by atoms with E-state index in [9.17, 15) is 9.59 Å². The molecule has 2 rings (SSSR count). The Morgan fingerprint density at radius 1 is 1.40 bits per heavy atom. The van der Waals surface area contributed by atoms with Crippen LogP contribution in [0.5, 0.6) is 0 Å². The zero-order valence-corrected chi connectivity index (χ0v) is 11.9. The minimum atomic E-state index is -0.438. The van der Waals surface area contributed by atoms with Crippen LogP contribution < -0.4 is 10.2 Å². The fourth-order valence-electron chi connectivity index (χ4n) is 2.53. The number of nitrogens with one attached hydrogen (secondary N) is 1. The van der Waals surface area contributed by atoms with E-state index in [1.54, 1.807) is 12.0 Å². The third-order valence-electron chi connectivity index (χ3n) is 3.44. The molecule has 1 aromatic carbocycles. The number of carbonyl (C=O) groups is 2. The highest BCUT2D eigenvalue weighted by atomic mass is 16.5. The Morgan fingerprint density at radius 3 is 2.85 bits per heavy atom. The summed E-state index contributed by atoms with van der Waals surface area (Å²) in [7, 11) is 1.63. The third-order valence-corrected chi connectivity index (χ3v) is 3.44. The topological polar surface area (TPSA) is 58.6 Å². The number of methoxy groups -OCH3 is 1. The molecular formula is C15H20N2O3. The van der Waals surface area contributed by atoms with Gasteiger partial charge in [-0.3, -0.25) is 14.5 Å². The minimum absolute atomic E-state index is 0.104. The molecule has 0 unspecified atom stereocenters. The van der Waals surface area contributed by atoms with Crippen molar-refractivity contribution in [1.29, 1.82) is 0 Å². The molecule has 1 aliphatic heterocycles. The number of para-hydroxylation sites is 1. The van der Waals surface area contributed by atoms with Crippen molar-refractivity contribution in [2.75, 3.05) is 25.2 Å². The molecule has 108 valence electrons. The van der Waals surface area contributed by atoms with E-state index in [0.29, 0.717) is 19.6 Å². The van der Waals surface area contributed by atoms with Crippen LogP contribution in [-0.2, 0) is 20.7 Å². The van der Waals surface area contributed by atoms with Gasteiger partial charge in [-0.15, -0.1) is 0 Å². The van der Waals surface area contributed by atoms with E-state index in [-0.39, 0.29) is 11.8 Å². The summed E-state index contributed by atoms with van der Waals surface area (Å²) >= 11 is 0. The molecule has 20 heavy (non-hydrogen) atoms. The normalized spacial score (nSPS) is 16.9. The standard InChI is InChI=1S/C15H20N2O3/c1-11(18)17-13-7-4-3-6-12(13)10-14(17)15(19)16-8-5-9-20-2/h3-4,6-7,14H,5,8-10H2,1-2H3,(H,16,19)/t14-/m1/s1. The van der Waals surface area contributed by atoms with E-state index < -0.39 is 6.04 Å². The molecule has 1 atom stereocenters. The second-order valence-electron chi connectivity index (χ2n) is 4.88. The highest BCUT2D eigenvalue weighted by molar-refractivity contribution is 6.02. The van der Waals surface area contributed by atoms with Gasteiger partial charge >= 0.3 is 0 Å². The molecule has 0 aliphatic carbocycles. The summed E-state index contributed by atoms with van der Waals surface area (Å²) in [6, 6.07) is 7.22. The average molecular weight is 276 g/mol. The average Bonchev–Trinajstić information content (AvgIpc) is 2.83. The van der Waals surface area contributed by atoms with Crippen molar-refractivity contribution in [3.63, 3.8) is 0 Å². The zero-order chi connectivity index (χ0) is 14.5. The Kier molecular flexibility index (Phi) is 4.74. The van der Waals surface area contributed by atoms with Crippen LogP contribution in [0.15, 0.2) is 24.3 Å². The van der Waals surface area contributed by atoms with Gasteiger partial charge in [0.25, 0.3) is 0 Å². The van der Waals surface area contributed by atoms with Gasteiger partial charge in [0.05, 0.1) is 0 Å². The molecule has 5 heteroatoms. The molecule has 1 aliphatic rings. The molecule has 1 aromatic rings. The number of nitrogens with zero attached hydrogens (tertiary/aromatic N) is 1. The summed E-state index contributed by atoms with van der Waals surface area (Å²) < 4.78 is 4.94. The Balaban J connectivity index is 2.05. The van der Waals surface area contributed by atoms with E-state index in [0.717, 1.165) is 17.7 Å². The van der Waals surface area contributed by atoms with Gasteiger partial charge in [-0.1, -0.05) is 18.2 Å². The second kappa shape index (κ2) is 6.52. The minimum Gasteiger partial charge on any atom is -0.385 e. The highest BCUT2D eigenvalue weighted by Crippen LogP contribution is 2.32. The van der Waals surface area contributed by atoms with Crippen molar-refractivity contribution >= 4 is 17.5 Å². The summed E-state index contributed by atoms with van der Waals surface area (Å²) in [6.45, 7) is 2.67. The van der Waals surface area contributed by atoms with Gasteiger partial charge in [0.2, 0.25) is 11.8 Å². The second-order valence-corrected chi connectivity index (χ2v) is 4.88. The number of anilines is 1. The van der Waals surface area contributed by atoms with Crippen molar-refractivity contribution < 1.29 is 14.3 Å². The van der Waals surface area contributed by atoms with Crippen molar-refractivity contribution in [2.45, 2.75) is 25.8 Å². The van der Waals surface area contributed by atoms with Gasteiger partial charge in [0, 0.05) is 39.3 Å². The van der Waals surface area contributed by atoms with Crippen LogP contribution in [0, 0.1) is 0 Å². The molecular weight excluding hydrogens is 256 g/mol. The van der Waals surface area contributed by atoms with Crippen molar-refractivity contribution in [3.05, 3.63) is 29.8 Å². The van der Waals surface area contributed by atoms with E-state index >= 15 is 0 Å². The number of carbonyl (C=O) groups excluding carboxylic acids is 2. The maximum absolute atomic E-state index is 12.2. The molecule has 0 saturated carbocycles. The van der Waals surface area contributed by atoms with Crippen LogP contribution in [0.2, 0.25) is 0 Å². The Labute approximate surface area is 118 Å². The Morgan fingerprint density at radius 2 is 2.15 bits per heavy atom. The number of fused-ring (bicyclic) bond motifs is 1. The first-order valence-corrected chi connectivity index (χ1v) is 6.79. The molecule has 0 saturated heterocycles. The SMILES string of the molecule is COCCCNC(=O)[C@H]1Cc2ccccc2N1C(C)=O. The fraction of sp³-hybridized carbons (Fsp3) is 0.467. The summed E-state index contributed by atoms with van der Waals surface area (Å²) in [4.78, 5) is 25.7. The highest BCUT2D eigenvalue weighted by Gasteiger charge is 2.36. The molecule has 0 spiro atoms. The summed E-state index contributed by atoms with van der Waals surface area (Å²) in [6.07, 6.45) is 1.34. The quantitative estimate of drug-likeness (QED) is 0.820. The lowest BCUT2D eigenvalue weighted by molar-refractivity contribution is -0.125. The Bertz CT molecular complexity index is 502. The van der Waals surface area contributed by atoms with Gasteiger partial charge in [0.1, 0.15) is 6.04 Å². The fourth-order valence-corrected chi connectivity index (χ4v) is 2.53. The summed E-state index contributed by atoms with van der Waals surface area (Å²) in [5.74, 6) is -0.209. The lowest BCUT2D eigenvalue weighted by atomic mass is 10.1. The van der Waals surface area contributed by atoms with Crippen LogP contribution in [-0.4, -0.2) is 38.1 Å². The first kappa shape index (κ1) is 14.5. The van der Waals surface area contributed by atoms with Crippen LogP contribution in [0.25, 0.3) is 0 Å². The van der Waals surface area contributed by atoms with Gasteiger partial charge < -0.3 is 10.1 Å². The van der Waals surface area contributed by atoms with E-state index in [1.165, 1.54) is 6.92 Å². The number of amides is 2. The van der Waals surface area contributed by atoms with Crippen LogP contribution in [0.3, 0.4) is 0 Å². The first-order valence-electron chi connectivity index (χ1n) is 6.79. The maximum Gasteiger partial charge on any atom is 0.243 e. The third kappa shape index (κ3) is 2.99. The molecule has 0 radical (unpaired) electrons. The van der Waals surface area contributed by atoms with E-state index in [1.807, 2.05) is 24.3 Å². The predicted octanol–water partition coefficient (Wildman–Crippen LogP) is 1.12. The van der Waals surface area contributed by atoms with Crippen molar-refractivity contribution in [1.82, 2.24) is 5.32 Å². The monoisotopic (exact) mass is 276 g/mol. The number of hydrogen-bond donors (Lipinski definition) is 1. The van der Waals surface area contributed by atoms with Crippen LogP contribution >= 0.6 is 0 Å². The van der Waals surface area contributed by atoms with Gasteiger partial charge in [-0.2, -0.15) is 0 Å². The van der Waals surface area contributed by atoms with Crippen molar-refractivity contribution in [3.8, 4) is 0 Å². The lowest BCUT2D eigenvalue weighted by Crippen LogP contribution is -2.47. The molecule has 0 fully saturated rings.